The average Bonchev–Trinajstić information content (AvgIpc) is 3.11. The van der Waals surface area contributed by atoms with Gasteiger partial charge in [-0.25, -0.2) is 9.59 Å². The zero-order chi connectivity index (χ0) is 57.9. The Balaban J connectivity index is 1.55. The number of unbranched alkanes of at least 4 members (excludes halogenated alkanes) is 20. The molecule has 17 heteroatoms. The van der Waals surface area contributed by atoms with Crippen LogP contribution in [0.4, 0.5) is 15.3 Å². The topological polar surface area (TPSA) is 221 Å². The normalized spacial score (nSPS) is 20.4. The van der Waals surface area contributed by atoms with E-state index in [4.69, 9.17) is 33.7 Å². The summed E-state index contributed by atoms with van der Waals surface area (Å²) >= 11 is 0. The second-order valence-electron chi connectivity index (χ2n) is 22.3. The number of nitro benzene ring substituents is 1. The predicted octanol–water partition coefficient (Wildman–Crippen LogP) is 13.8. The number of hydrogen-bond acceptors (Lipinski definition) is 14. The minimum Gasteiger partial charge on any atom is -0.459 e. The van der Waals surface area contributed by atoms with E-state index in [2.05, 4.69) is 31.8 Å². The molecule has 0 saturated heterocycles. The van der Waals surface area contributed by atoms with Crippen molar-refractivity contribution in [3.8, 4) is 11.5 Å². The lowest BCUT2D eigenvalue weighted by molar-refractivity contribution is -0.384. The second kappa shape index (κ2) is 38.7. The van der Waals surface area contributed by atoms with Crippen molar-refractivity contribution in [2.45, 2.75) is 212 Å². The van der Waals surface area contributed by atoms with Crippen molar-refractivity contribution in [1.82, 2.24) is 10.2 Å². The van der Waals surface area contributed by atoms with E-state index in [9.17, 15) is 35.0 Å². The van der Waals surface area contributed by atoms with Crippen molar-refractivity contribution in [2.75, 3.05) is 59.3 Å². The van der Waals surface area contributed by atoms with Gasteiger partial charge >= 0.3 is 12.2 Å². The van der Waals surface area contributed by atoms with Crippen LogP contribution in [0.5, 0.6) is 11.5 Å². The van der Waals surface area contributed by atoms with Gasteiger partial charge in [0.25, 0.3) is 5.69 Å². The van der Waals surface area contributed by atoms with Crippen LogP contribution in [0.1, 0.15) is 204 Å². The number of ether oxygens (including phenoxy) is 5. The summed E-state index contributed by atoms with van der Waals surface area (Å²) in [6, 6.07) is 10.6. The number of rotatable bonds is 44. The molecule has 2 aromatic carbocycles. The van der Waals surface area contributed by atoms with E-state index in [1.807, 2.05) is 12.1 Å². The van der Waals surface area contributed by atoms with Crippen LogP contribution in [-0.2, 0) is 25.7 Å². The number of nitro groups is 1. The average molecular weight is 1130 g/mol. The number of carbonyl (C=O) groups excluding carboxylic acids is 2. The summed E-state index contributed by atoms with van der Waals surface area (Å²) in [7, 11) is 0. The van der Waals surface area contributed by atoms with E-state index in [0.29, 0.717) is 61.4 Å². The lowest BCUT2D eigenvalue weighted by atomic mass is 9.55. The lowest BCUT2D eigenvalue weighted by Crippen LogP contribution is -2.70. The van der Waals surface area contributed by atoms with Gasteiger partial charge in [-0.2, -0.15) is 0 Å². The summed E-state index contributed by atoms with van der Waals surface area (Å²) in [6.07, 6.45) is 30.0. The number of fused-ring (bicyclic) bond motifs is 2. The molecular formula is C64H100N4O13. The highest BCUT2D eigenvalue weighted by Crippen LogP contribution is 2.62. The number of non-ortho nitro benzene ring substituents is 1. The van der Waals surface area contributed by atoms with Crippen LogP contribution in [0.3, 0.4) is 0 Å². The zero-order valence-electron chi connectivity index (χ0n) is 49.2. The number of nitrogens with one attached hydrogen (secondary N) is 1. The van der Waals surface area contributed by atoms with Gasteiger partial charge < -0.3 is 49.2 Å². The molecule has 1 aliphatic heterocycles. The van der Waals surface area contributed by atoms with Crippen LogP contribution in [0.25, 0.3) is 0 Å². The van der Waals surface area contributed by atoms with Crippen LogP contribution in [0.15, 0.2) is 71.9 Å². The molecule has 3 aliphatic rings. The summed E-state index contributed by atoms with van der Waals surface area (Å²) in [4.78, 5) is 47.3. The van der Waals surface area contributed by atoms with Crippen LogP contribution < -0.4 is 14.8 Å². The number of nitrogens with zero attached hydrogens (tertiary/aromatic N) is 3. The molecule has 1 heterocycles. The largest absolute Gasteiger partial charge is 0.459 e. The molecule has 1 saturated carbocycles. The number of oxime groups is 1. The molecule has 1 fully saturated rings. The minimum atomic E-state index is -1.59. The van der Waals surface area contributed by atoms with Crippen LogP contribution >= 0.6 is 0 Å². The van der Waals surface area contributed by atoms with Gasteiger partial charge in [0, 0.05) is 56.3 Å². The summed E-state index contributed by atoms with van der Waals surface area (Å²) < 4.78 is 32.6. The first-order valence-electron chi connectivity index (χ1n) is 31.2. The molecule has 2 aliphatic carbocycles. The third kappa shape index (κ3) is 21.6. The van der Waals surface area contributed by atoms with Gasteiger partial charge in [0.05, 0.1) is 49.6 Å². The Morgan fingerprint density at radius 1 is 0.790 bits per heavy atom. The molecule has 0 bridgehead atoms. The van der Waals surface area contributed by atoms with Crippen molar-refractivity contribution in [3.63, 3.8) is 0 Å². The fourth-order valence-electron chi connectivity index (χ4n) is 12.1. The molecule has 4 N–H and O–H groups in total. The molecule has 2 amide bonds. The van der Waals surface area contributed by atoms with E-state index in [1.54, 1.807) is 29.2 Å². The van der Waals surface area contributed by atoms with Gasteiger partial charge in [-0.1, -0.05) is 160 Å². The molecule has 0 spiro atoms. The Morgan fingerprint density at radius 2 is 1.42 bits per heavy atom. The summed E-state index contributed by atoms with van der Waals surface area (Å²) in [5, 5.41) is 49.3. The maximum absolute atomic E-state index is 14.9. The standard InChI is InChI=1S/C64H100N4O13/c1-4-7-9-11-13-15-17-19-21-25-37-65-62(72)80-53-35-36-58-56(47-53)60-54(30-24-27-40-70)51(29-23-26-39-69)46-55-57(66-79-49-50-31-33-52(34-32-50)68(74)75)48-59(64(81-58,61(55)60)78-42-6-3)67(38-44-76-45-41-71)63(73)77-43-28-22-20-18-16-14-12-10-8-5-2/h6,31-36,46-47,51,54,59-61,69-71H,3-5,7-30,37-45,48-49H2,1-2H3,(H,65,72)/t51-,54+,59-,60+,61+,64+/m0/s1. The number of aliphatic hydroxyl groups excluding tert-OH is 3. The van der Waals surface area contributed by atoms with Crippen molar-refractivity contribution in [2.24, 2.45) is 22.9 Å². The maximum Gasteiger partial charge on any atom is 0.412 e. The van der Waals surface area contributed by atoms with E-state index in [-0.39, 0.29) is 83.3 Å². The Kier molecular flexibility index (Phi) is 31.8. The lowest BCUT2D eigenvalue weighted by Gasteiger charge is -2.59. The monoisotopic (exact) mass is 1130 g/mol. The third-order valence-corrected chi connectivity index (χ3v) is 16.3. The molecule has 17 nitrogen and oxygen atoms in total. The Labute approximate surface area is 483 Å². The second-order valence-corrected chi connectivity index (χ2v) is 22.3. The van der Waals surface area contributed by atoms with Gasteiger partial charge in [0.1, 0.15) is 24.1 Å². The van der Waals surface area contributed by atoms with Gasteiger partial charge in [-0.05, 0) is 91.8 Å². The third-order valence-electron chi connectivity index (χ3n) is 16.3. The van der Waals surface area contributed by atoms with Crippen molar-refractivity contribution >= 4 is 23.6 Å². The molecule has 0 radical (unpaired) electrons. The number of carbonyl (C=O) groups is 2. The van der Waals surface area contributed by atoms with Crippen LogP contribution in [-0.4, -0.2) is 114 Å². The fourth-order valence-corrected chi connectivity index (χ4v) is 12.1. The molecule has 81 heavy (non-hydrogen) atoms. The Bertz CT molecular complexity index is 2190. The maximum atomic E-state index is 14.9. The Morgan fingerprint density at radius 3 is 2.04 bits per heavy atom. The van der Waals surface area contributed by atoms with E-state index in [0.717, 1.165) is 62.5 Å². The van der Waals surface area contributed by atoms with Gasteiger partial charge in [0.2, 0.25) is 5.79 Å². The summed E-state index contributed by atoms with van der Waals surface area (Å²) in [5.41, 5.74) is 2.76. The molecular weight excluding hydrogens is 1030 g/mol. The van der Waals surface area contributed by atoms with Crippen LogP contribution in [0, 0.1) is 27.9 Å². The first kappa shape index (κ1) is 66.7. The molecule has 454 valence electrons. The highest BCUT2D eigenvalue weighted by Gasteiger charge is 2.65. The predicted molar refractivity (Wildman–Crippen MR) is 317 cm³/mol. The summed E-state index contributed by atoms with van der Waals surface area (Å²) in [6.45, 7) is 9.29. The highest BCUT2D eigenvalue weighted by atomic mass is 16.7. The highest BCUT2D eigenvalue weighted by molar-refractivity contribution is 6.03. The van der Waals surface area contributed by atoms with E-state index < -0.39 is 40.8 Å². The van der Waals surface area contributed by atoms with Crippen molar-refractivity contribution in [3.05, 3.63) is 88.0 Å². The van der Waals surface area contributed by atoms with Gasteiger partial charge in [-0.15, -0.1) is 6.58 Å². The van der Waals surface area contributed by atoms with Gasteiger partial charge in [0.15, 0.2) is 0 Å². The zero-order valence-corrected chi connectivity index (χ0v) is 49.2. The number of aliphatic hydroxyl groups is 3. The van der Waals surface area contributed by atoms with Crippen molar-refractivity contribution < 1.29 is 58.4 Å². The molecule has 0 unspecified atom stereocenters. The van der Waals surface area contributed by atoms with Gasteiger partial charge in [-0.3, -0.25) is 15.0 Å². The molecule has 2 aromatic rings. The van der Waals surface area contributed by atoms with E-state index >= 15 is 0 Å². The number of allylic oxidation sites excluding steroid dienone is 1. The number of benzene rings is 2. The number of hydrogen-bond donors (Lipinski definition) is 4. The molecule has 5 rings (SSSR count). The van der Waals surface area contributed by atoms with E-state index in [1.165, 1.54) is 95.6 Å². The molecule has 6 atom stereocenters. The van der Waals surface area contributed by atoms with Crippen molar-refractivity contribution in [1.29, 1.82) is 0 Å². The number of amides is 2. The fraction of sp³-hybridized carbons (Fsp3) is 0.703. The minimum absolute atomic E-state index is 0.00371. The smallest absolute Gasteiger partial charge is 0.412 e. The first-order valence-corrected chi connectivity index (χ1v) is 31.2. The van der Waals surface area contributed by atoms with Crippen LogP contribution in [0.2, 0.25) is 0 Å². The SMILES string of the molecule is C=CCO[C@@]12Oc3ccc(OC(=O)NCCCCCCCCCCCC)cc3[C@H]3[C@H](CCCCO)[C@@H](CCCCO)C=C(C(=NOCc4ccc([N+](=O)[O-])cc4)C[C@@H]1N(CCOCCO)C(=O)OCCCCCCCCCCCC)[C@H]32. The Hall–Kier alpha value is -5.07. The molecule has 0 aromatic heterocycles. The first-order chi connectivity index (χ1) is 39.7. The quantitative estimate of drug-likeness (QED) is 0.0210. The summed E-state index contributed by atoms with van der Waals surface area (Å²) in [5.74, 6) is -1.97.